The SMILES string of the molecule is Cc1ccc(C(C)Nc2ncc(Br)cn2)o1. The summed E-state index contributed by atoms with van der Waals surface area (Å²) < 4.78 is 6.37. The van der Waals surface area contributed by atoms with Crippen molar-refractivity contribution in [3.05, 3.63) is 40.5 Å². The summed E-state index contributed by atoms with van der Waals surface area (Å²) in [5.41, 5.74) is 0. The molecular weight excluding hydrogens is 270 g/mol. The third-order valence-electron chi connectivity index (χ3n) is 2.15. The van der Waals surface area contributed by atoms with E-state index in [1.165, 1.54) is 0 Å². The molecule has 1 atom stereocenters. The second kappa shape index (κ2) is 4.65. The van der Waals surface area contributed by atoms with Gasteiger partial charge in [-0.25, -0.2) is 9.97 Å². The first-order valence-corrected chi connectivity index (χ1v) is 5.75. The lowest BCUT2D eigenvalue weighted by Gasteiger charge is -2.10. The summed E-state index contributed by atoms with van der Waals surface area (Å²) in [6.07, 6.45) is 3.41. The Bertz CT molecular complexity index is 466. The summed E-state index contributed by atoms with van der Waals surface area (Å²) in [5.74, 6) is 2.37. The van der Waals surface area contributed by atoms with Gasteiger partial charge in [0.1, 0.15) is 11.5 Å². The van der Waals surface area contributed by atoms with Crippen LogP contribution >= 0.6 is 15.9 Å². The highest BCUT2D eigenvalue weighted by molar-refractivity contribution is 9.10. The fourth-order valence-corrected chi connectivity index (χ4v) is 1.54. The van der Waals surface area contributed by atoms with E-state index in [4.69, 9.17) is 4.42 Å². The molecule has 0 aliphatic carbocycles. The van der Waals surface area contributed by atoms with Crippen LogP contribution in [0.15, 0.2) is 33.4 Å². The molecule has 4 nitrogen and oxygen atoms in total. The maximum atomic E-state index is 5.51. The third-order valence-corrected chi connectivity index (χ3v) is 2.56. The molecule has 2 aromatic rings. The predicted molar refractivity (Wildman–Crippen MR) is 65.2 cm³/mol. The summed E-state index contributed by atoms with van der Waals surface area (Å²) in [7, 11) is 0. The Morgan fingerprint density at radius 1 is 1.31 bits per heavy atom. The summed E-state index contributed by atoms with van der Waals surface area (Å²) >= 11 is 3.29. The van der Waals surface area contributed by atoms with Crippen molar-refractivity contribution in [1.29, 1.82) is 0 Å². The fourth-order valence-electron chi connectivity index (χ4n) is 1.34. The van der Waals surface area contributed by atoms with Crippen molar-refractivity contribution in [3.8, 4) is 0 Å². The van der Waals surface area contributed by atoms with Crippen molar-refractivity contribution in [2.24, 2.45) is 0 Å². The highest BCUT2D eigenvalue weighted by atomic mass is 79.9. The number of rotatable bonds is 3. The maximum Gasteiger partial charge on any atom is 0.223 e. The van der Waals surface area contributed by atoms with Gasteiger partial charge in [-0.15, -0.1) is 0 Å². The van der Waals surface area contributed by atoms with E-state index in [1.807, 2.05) is 26.0 Å². The Morgan fingerprint density at radius 2 is 2.00 bits per heavy atom. The van der Waals surface area contributed by atoms with Crippen molar-refractivity contribution in [2.45, 2.75) is 19.9 Å². The number of hydrogen-bond donors (Lipinski definition) is 1. The number of furan rings is 1. The van der Waals surface area contributed by atoms with E-state index in [-0.39, 0.29) is 6.04 Å². The largest absolute Gasteiger partial charge is 0.464 e. The van der Waals surface area contributed by atoms with E-state index in [2.05, 4.69) is 31.2 Å². The van der Waals surface area contributed by atoms with Crippen molar-refractivity contribution in [2.75, 3.05) is 5.32 Å². The summed E-state index contributed by atoms with van der Waals surface area (Å²) in [4.78, 5) is 8.28. The van der Waals surface area contributed by atoms with Crippen LogP contribution in [0.25, 0.3) is 0 Å². The quantitative estimate of drug-likeness (QED) is 0.938. The van der Waals surface area contributed by atoms with Crippen LogP contribution in [0.3, 0.4) is 0 Å². The normalized spacial score (nSPS) is 12.4. The number of aromatic nitrogens is 2. The lowest BCUT2D eigenvalue weighted by Crippen LogP contribution is -2.08. The number of nitrogens with one attached hydrogen (secondary N) is 1. The van der Waals surface area contributed by atoms with Gasteiger partial charge >= 0.3 is 0 Å². The van der Waals surface area contributed by atoms with E-state index in [0.29, 0.717) is 5.95 Å². The molecule has 1 unspecified atom stereocenters. The van der Waals surface area contributed by atoms with Crippen molar-refractivity contribution >= 4 is 21.9 Å². The first-order chi connectivity index (χ1) is 7.65. The molecule has 0 radical (unpaired) electrons. The molecule has 0 amide bonds. The fraction of sp³-hybridized carbons (Fsp3) is 0.273. The van der Waals surface area contributed by atoms with Crippen LogP contribution in [0.1, 0.15) is 24.5 Å². The second-order valence-corrected chi connectivity index (χ2v) is 4.46. The lowest BCUT2D eigenvalue weighted by atomic mass is 10.2. The van der Waals surface area contributed by atoms with E-state index in [9.17, 15) is 0 Å². The molecule has 2 aromatic heterocycles. The Balaban J connectivity index is 2.07. The molecule has 5 heteroatoms. The Kier molecular flexibility index (Phi) is 3.24. The van der Waals surface area contributed by atoms with E-state index in [0.717, 1.165) is 16.0 Å². The van der Waals surface area contributed by atoms with Crippen LogP contribution < -0.4 is 5.32 Å². The van der Waals surface area contributed by atoms with Gasteiger partial charge < -0.3 is 9.73 Å². The first kappa shape index (κ1) is 11.1. The van der Waals surface area contributed by atoms with Gasteiger partial charge in [0.25, 0.3) is 0 Å². The van der Waals surface area contributed by atoms with Crippen LogP contribution in [-0.4, -0.2) is 9.97 Å². The van der Waals surface area contributed by atoms with E-state index in [1.54, 1.807) is 12.4 Å². The maximum absolute atomic E-state index is 5.51. The highest BCUT2D eigenvalue weighted by Crippen LogP contribution is 2.19. The Hall–Kier alpha value is -1.36. The summed E-state index contributed by atoms with van der Waals surface area (Å²) in [6.45, 7) is 3.93. The van der Waals surface area contributed by atoms with Gasteiger partial charge in [0.05, 0.1) is 10.5 Å². The molecule has 0 aliphatic rings. The number of aryl methyl sites for hydroxylation is 1. The average Bonchev–Trinajstić information content (AvgIpc) is 2.68. The van der Waals surface area contributed by atoms with E-state index >= 15 is 0 Å². The molecule has 2 heterocycles. The topological polar surface area (TPSA) is 51.0 Å². The smallest absolute Gasteiger partial charge is 0.223 e. The van der Waals surface area contributed by atoms with Gasteiger partial charge in [-0.3, -0.25) is 0 Å². The predicted octanol–water partition coefficient (Wildman–Crippen LogP) is 3.31. The number of anilines is 1. The molecule has 0 aliphatic heterocycles. The Labute approximate surface area is 102 Å². The zero-order valence-electron chi connectivity index (χ0n) is 9.07. The number of hydrogen-bond acceptors (Lipinski definition) is 4. The molecule has 0 saturated heterocycles. The zero-order valence-corrected chi connectivity index (χ0v) is 10.7. The highest BCUT2D eigenvalue weighted by Gasteiger charge is 2.10. The van der Waals surface area contributed by atoms with Crippen LogP contribution in [-0.2, 0) is 0 Å². The van der Waals surface area contributed by atoms with Gasteiger partial charge in [-0.2, -0.15) is 0 Å². The van der Waals surface area contributed by atoms with Crippen LogP contribution in [0.2, 0.25) is 0 Å². The van der Waals surface area contributed by atoms with Crippen molar-refractivity contribution < 1.29 is 4.42 Å². The minimum atomic E-state index is 0.0508. The molecule has 0 spiro atoms. The number of halogens is 1. The monoisotopic (exact) mass is 281 g/mol. The minimum Gasteiger partial charge on any atom is -0.464 e. The molecule has 0 saturated carbocycles. The van der Waals surface area contributed by atoms with Crippen molar-refractivity contribution in [1.82, 2.24) is 9.97 Å². The number of nitrogens with zero attached hydrogens (tertiary/aromatic N) is 2. The zero-order chi connectivity index (χ0) is 11.5. The molecule has 2 rings (SSSR count). The van der Waals surface area contributed by atoms with Crippen LogP contribution in [0, 0.1) is 6.92 Å². The molecule has 0 bridgehead atoms. The standard InChI is InChI=1S/C11H12BrN3O/c1-7-3-4-10(16-7)8(2)15-11-13-5-9(12)6-14-11/h3-6,8H,1-2H3,(H,13,14,15). The molecule has 0 aromatic carbocycles. The molecule has 1 N–H and O–H groups in total. The molecule has 84 valence electrons. The first-order valence-electron chi connectivity index (χ1n) is 4.95. The minimum absolute atomic E-state index is 0.0508. The summed E-state index contributed by atoms with van der Waals surface area (Å²) in [5, 5.41) is 3.16. The molecular formula is C11H12BrN3O. The average molecular weight is 282 g/mol. The van der Waals surface area contributed by atoms with Gasteiger partial charge in [-0.05, 0) is 41.9 Å². The van der Waals surface area contributed by atoms with Crippen molar-refractivity contribution in [3.63, 3.8) is 0 Å². The molecule has 0 fully saturated rings. The Morgan fingerprint density at radius 3 is 2.56 bits per heavy atom. The second-order valence-electron chi connectivity index (χ2n) is 3.54. The molecule has 16 heavy (non-hydrogen) atoms. The van der Waals surface area contributed by atoms with E-state index < -0.39 is 0 Å². The lowest BCUT2D eigenvalue weighted by molar-refractivity contribution is 0.466. The van der Waals surface area contributed by atoms with Crippen LogP contribution in [0.5, 0.6) is 0 Å². The van der Waals surface area contributed by atoms with Gasteiger partial charge in [0.15, 0.2) is 0 Å². The van der Waals surface area contributed by atoms with Gasteiger partial charge in [0, 0.05) is 12.4 Å². The summed E-state index contributed by atoms with van der Waals surface area (Å²) in [6, 6.07) is 3.94. The third kappa shape index (κ3) is 2.61. The van der Waals surface area contributed by atoms with Gasteiger partial charge in [-0.1, -0.05) is 0 Å². The van der Waals surface area contributed by atoms with Crippen LogP contribution in [0.4, 0.5) is 5.95 Å². The van der Waals surface area contributed by atoms with Gasteiger partial charge in [0.2, 0.25) is 5.95 Å².